The van der Waals surface area contributed by atoms with Gasteiger partial charge in [0.05, 0.1) is 19.8 Å². The van der Waals surface area contributed by atoms with Crippen LogP contribution in [0.1, 0.15) is 46.0 Å². The summed E-state index contributed by atoms with van der Waals surface area (Å²) in [6, 6.07) is 16.5. The number of nitrogens with one attached hydrogen (secondary N) is 2. The van der Waals surface area contributed by atoms with Crippen LogP contribution in [0.3, 0.4) is 0 Å². The fourth-order valence-corrected chi connectivity index (χ4v) is 4.47. The molecular formula is C29H32FN3O4. The van der Waals surface area contributed by atoms with Crippen LogP contribution < -0.4 is 25.0 Å². The van der Waals surface area contributed by atoms with Crippen LogP contribution in [-0.2, 0) is 6.54 Å². The number of piperidine rings is 1. The maximum absolute atomic E-state index is 13.4. The molecule has 0 radical (unpaired) electrons. The summed E-state index contributed by atoms with van der Waals surface area (Å²) >= 11 is 0. The average molecular weight is 506 g/mol. The van der Waals surface area contributed by atoms with E-state index < -0.39 is 5.91 Å². The van der Waals surface area contributed by atoms with Crippen molar-refractivity contribution in [1.29, 1.82) is 0 Å². The SMILES string of the molecule is COc1cccc(OC)c1C(=O)Nc1ccc(N2CCC(C)CC2)c(C(=O)NCc2ccc(F)cc2)c1. The van der Waals surface area contributed by atoms with Gasteiger partial charge in [-0.15, -0.1) is 0 Å². The molecule has 37 heavy (non-hydrogen) atoms. The highest BCUT2D eigenvalue weighted by atomic mass is 19.1. The fraction of sp³-hybridized carbons (Fsp3) is 0.310. The molecule has 3 aromatic rings. The monoisotopic (exact) mass is 505 g/mol. The number of carbonyl (C=O) groups excluding carboxylic acids is 2. The minimum atomic E-state index is -0.411. The second-order valence-electron chi connectivity index (χ2n) is 9.20. The zero-order chi connectivity index (χ0) is 26.4. The third-order valence-corrected chi connectivity index (χ3v) is 6.64. The van der Waals surface area contributed by atoms with Gasteiger partial charge in [0.25, 0.3) is 11.8 Å². The molecule has 194 valence electrons. The molecule has 2 amide bonds. The first-order chi connectivity index (χ1) is 17.9. The van der Waals surface area contributed by atoms with Gasteiger partial charge in [0.2, 0.25) is 0 Å². The maximum Gasteiger partial charge on any atom is 0.263 e. The van der Waals surface area contributed by atoms with E-state index in [9.17, 15) is 14.0 Å². The Morgan fingerprint density at radius 3 is 2.22 bits per heavy atom. The smallest absolute Gasteiger partial charge is 0.263 e. The summed E-state index contributed by atoms with van der Waals surface area (Å²) in [5, 5.41) is 5.81. The van der Waals surface area contributed by atoms with E-state index in [0.717, 1.165) is 37.2 Å². The summed E-state index contributed by atoms with van der Waals surface area (Å²) in [5.41, 5.74) is 2.80. The van der Waals surface area contributed by atoms with Gasteiger partial charge in [0.15, 0.2) is 0 Å². The van der Waals surface area contributed by atoms with E-state index in [-0.39, 0.29) is 23.8 Å². The second-order valence-corrected chi connectivity index (χ2v) is 9.20. The molecule has 1 aliphatic rings. The molecule has 0 unspecified atom stereocenters. The number of hydrogen-bond acceptors (Lipinski definition) is 5. The molecule has 0 atom stereocenters. The van der Waals surface area contributed by atoms with Crippen LogP contribution in [-0.4, -0.2) is 39.1 Å². The van der Waals surface area contributed by atoms with E-state index in [1.807, 2.05) is 6.07 Å². The van der Waals surface area contributed by atoms with Crippen LogP contribution in [0.5, 0.6) is 11.5 Å². The molecule has 1 fully saturated rings. The largest absolute Gasteiger partial charge is 0.496 e. The van der Waals surface area contributed by atoms with E-state index >= 15 is 0 Å². The lowest BCUT2D eigenvalue weighted by atomic mass is 9.97. The third kappa shape index (κ3) is 6.20. The van der Waals surface area contributed by atoms with Crippen molar-refractivity contribution in [3.8, 4) is 11.5 Å². The van der Waals surface area contributed by atoms with Gasteiger partial charge >= 0.3 is 0 Å². The molecule has 1 heterocycles. The number of nitrogens with zero attached hydrogens (tertiary/aromatic N) is 1. The Balaban J connectivity index is 1.61. The zero-order valence-corrected chi connectivity index (χ0v) is 21.3. The quantitative estimate of drug-likeness (QED) is 0.437. The van der Waals surface area contributed by atoms with Gasteiger partial charge in [0, 0.05) is 31.0 Å². The summed E-state index contributed by atoms with van der Waals surface area (Å²) < 4.78 is 24.0. The first-order valence-corrected chi connectivity index (χ1v) is 12.3. The Morgan fingerprint density at radius 2 is 1.59 bits per heavy atom. The highest BCUT2D eigenvalue weighted by Crippen LogP contribution is 2.31. The van der Waals surface area contributed by atoms with Crippen LogP contribution in [0.15, 0.2) is 60.7 Å². The van der Waals surface area contributed by atoms with Gasteiger partial charge in [-0.25, -0.2) is 4.39 Å². The van der Waals surface area contributed by atoms with Crippen molar-refractivity contribution in [2.45, 2.75) is 26.3 Å². The van der Waals surface area contributed by atoms with Crippen molar-refractivity contribution in [2.75, 3.05) is 37.5 Å². The number of halogens is 1. The lowest BCUT2D eigenvalue weighted by Crippen LogP contribution is -2.35. The van der Waals surface area contributed by atoms with Gasteiger partial charge < -0.3 is 25.0 Å². The van der Waals surface area contributed by atoms with Crippen molar-refractivity contribution >= 4 is 23.2 Å². The molecule has 0 aliphatic carbocycles. The number of amides is 2. The van der Waals surface area contributed by atoms with Crippen molar-refractivity contribution in [3.63, 3.8) is 0 Å². The highest BCUT2D eigenvalue weighted by Gasteiger charge is 2.23. The maximum atomic E-state index is 13.4. The minimum absolute atomic E-state index is 0.255. The molecular weight excluding hydrogens is 473 g/mol. The Labute approximate surface area is 216 Å². The normalized spacial score (nSPS) is 13.7. The van der Waals surface area contributed by atoms with Crippen LogP contribution in [0.2, 0.25) is 0 Å². The molecule has 0 spiro atoms. The number of ether oxygens (including phenoxy) is 2. The van der Waals surface area contributed by atoms with E-state index in [1.54, 1.807) is 42.5 Å². The number of carbonyl (C=O) groups is 2. The summed E-state index contributed by atoms with van der Waals surface area (Å²) in [5.74, 6) is 0.394. The summed E-state index contributed by atoms with van der Waals surface area (Å²) in [7, 11) is 2.98. The predicted molar refractivity (Wildman–Crippen MR) is 142 cm³/mol. The average Bonchev–Trinajstić information content (AvgIpc) is 2.92. The fourth-order valence-electron chi connectivity index (χ4n) is 4.47. The van der Waals surface area contributed by atoms with Crippen LogP contribution in [0.4, 0.5) is 15.8 Å². The molecule has 0 bridgehead atoms. The lowest BCUT2D eigenvalue weighted by molar-refractivity contribution is 0.0949. The van der Waals surface area contributed by atoms with E-state index in [4.69, 9.17) is 9.47 Å². The molecule has 3 aromatic carbocycles. The molecule has 4 rings (SSSR count). The number of methoxy groups -OCH3 is 2. The summed E-state index contributed by atoms with van der Waals surface area (Å²) in [4.78, 5) is 28.8. The third-order valence-electron chi connectivity index (χ3n) is 6.64. The van der Waals surface area contributed by atoms with Crippen molar-refractivity contribution in [3.05, 3.63) is 83.2 Å². The van der Waals surface area contributed by atoms with Gasteiger partial charge in [-0.2, -0.15) is 0 Å². The molecule has 8 heteroatoms. The molecule has 0 aromatic heterocycles. The van der Waals surface area contributed by atoms with Crippen molar-refractivity contribution in [1.82, 2.24) is 5.32 Å². The highest BCUT2D eigenvalue weighted by molar-refractivity contribution is 6.09. The Hall–Kier alpha value is -4.07. The van der Waals surface area contributed by atoms with Gasteiger partial charge in [0.1, 0.15) is 22.9 Å². The Kier molecular flexibility index (Phi) is 8.28. The number of benzene rings is 3. The standard InChI is InChI=1S/C29H32FN3O4/c1-19-13-15-33(16-14-19)24-12-11-22(32-29(35)27-25(36-2)5-4-6-26(27)37-3)17-23(24)28(34)31-18-20-7-9-21(30)10-8-20/h4-12,17,19H,13-16,18H2,1-3H3,(H,31,34)(H,32,35). The first kappa shape index (κ1) is 26.0. The molecule has 2 N–H and O–H groups in total. The topological polar surface area (TPSA) is 79.9 Å². The van der Waals surface area contributed by atoms with Crippen LogP contribution >= 0.6 is 0 Å². The minimum Gasteiger partial charge on any atom is -0.496 e. The molecule has 1 aliphatic heterocycles. The molecule has 1 saturated heterocycles. The van der Waals surface area contributed by atoms with Gasteiger partial charge in [-0.3, -0.25) is 9.59 Å². The summed E-state index contributed by atoms with van der Waals surface area (Å²) in [6.07, 6.45) is 2.09. The number of rotatable bonds is 8. The predicted octanol–water partition coefficient (Wildman–Crippen LogP) is 5.26. The zero-order valence-electron chi connectivity index (χ0n) is 21.3. The van der Waals surface area contributed by atoms with Crippen molar-refractivity contribution < 1.29 is 23.5 Å². The lowest BCUT2D eigenvalue weighted by Gasteiger charge is -2.33. The Bertz CT molecular complexity index is 1230. The number of hydrogen-bond donors (Lipinski definition) is 2. The second kappa shape index (κ2) is 11.8. The van der Waals surface area contributed by atoms with Crippen molar-refractivity contribution in [2.24, 2.45) is 5.92 Å². The Morgan fingerprint density at radius 1 is 0.946 bits per heavy atom. The van der Waals surface area contributed by atoms with Gasteiger partial charge in [-0.1, -0.05) is 25.1 Å². The van der Waals surface area contributed by atoms with E-state index in [1.165, 1.54) is 26.4 Å². The van der Waals surface area contributed by atoms with Crippen LogP contribution in [0, 0.1) is 11.7 Å². The molecule has 7 nitrogen and oxygen atoms in total. The first-order valence-electron chi connectivity index (χ1n) is 12.3. The van der Waals surface area contributed by atoms with Gasteiger partial charge in [-0.05, 0) is 66.8 Å². The van der Waals surface area contributed by atoms with Crippen LogP contribution in [0.25, 0.3) is 0 Å². The summed E-state index contributed by atoms with van der Waals surface area (Å²) in [6.45, 7) is 4.19. The number of anilines is 2. The van der Waals surface area contributed by atoms with E-state index in [0.29, 0.717) is 28.7 Å². The van der Waals surface area contributed by atoms with E-state index in [2.05, 4.69) is 22.5 Å². The molecule has 0 saturated carbocycles.